The van der Waals surface area contributed by atoms with Crippen LogP contribution in [0.1, 0.15) is 24.8 Å². The number of sulfonamides is 1. The first kappa shape index (κ1) is 17.3. The minimum atomic E-state index is -3.71. The van der Waals surface area contributed by atoms with E-state index in [-0.39, 0.29) is 23.8 Å². The number of hydrogen-bond acceptors (Lipinski definition) is 5. The fraction of sp³-hybridized carbons (Fsp3) is 0.385. The number of hydrogen-bond donors (Lipinski definition) is 3. The van der Waals surface area contributed by atoms with Crippen molar-refractivity contribution in [3.05, 3.63) is 29.8 Å². The topological polar surface area (TPSA) is 127 Å². The molecule has 0 aliphatic carbocycles. The molecule has 1 aromatic carbocycles. The van der Waals surface area contributed by atoms with Crippen LogP contribution >= 0.6 is 0 Å². The third-order valence-corrected chi connectivity index (χ3v) is 3.86. The second-order valence-electron chi connectivity index (χ2n) is 4.60. The van der Waals surface area contributed by atoms with Gasteiger partial charge >= 0.3 is 5.97 Å². The lowest BCUT2D eigenvalue weighted by atomic mass is 10.1. The summed E-state index contributed by atoms with van der Waals surface area (Å²) < 4.78 is 22.2. The van der Waals surface area contributed by atoms with Crippen LogP contribution in [0.2, 0.25) is 0 Å². The molecule has 1 rings (SSSR count). The second kappa shape index (κ2) is 7.87. The molecule has 0 aliphatic heterocycles. The summed E-state index contributed by atoms with van der Waals surface area (Å²) in [6, 6.07) is 5.80. The van der Waals surface area contributed by atoms with E-state index < -0.39 is 16.0 Å². The van der Waals surface area contributed by atoms with Crippen LogP contribution in [0, 0.1) is 0 Å². The van der Waals surface area contributed by atoms with Crippen LogP contribution < -0.4 is 10.5 Å². The summed E-state index contributed by atoms with van der Waals surface area (Å²) in [5.41, 5.74) is 0.814. The fourth-order valence-electron chi connectivity index (χ4n) is 1.78. The van der Waals surface area contributed by atoms with Gasteiger partial charge in [-0.15, -0.1) is 0 Å². The van der Waals surface area contributed by atoms with Crippen molar-refractivity contribution in [2.75, 3.05) is 0 Å². The Labute approximate surface area is 123 Å². The number of primary sulfonamides is 1. The van der Waals surface area contributed by atoms with E-state index in [9.17, 15) is 18.0 Å². The van der Waals surface area contributed by atoms with Crippen molar-refractivity contribution in [2.24, 2.45) is 5.14 Å². The van der Waals surface area contributed by atoms with E-state index in [1.54, 1.807) is 12.1 Å². The minimum Gasteiger partial charge on any atom is -0.481 e. The minimum absolute atomic E-state index is 0.0180. The summed E-state index contributed by atoms with van der Waals surface area (Å²) in [5.74, 6) is -0.912. The zero-order valence-electron chi connectivity index (χ0n) is 11.4. The Bertz CT molecular complexity index is 583. The van der Waals surface area contributed by atoms with Gasteiger partial charge in [0.15, 0.2) is 0 Å². The lowest BCUT2D eigenvalue weighted by Crippen LogP contribution is -2.29. The van der Waals surface area contributed by atoms with Gasteiger partial charge in [-0.05, 0) is 24.1 Å². The highest BCUT2D eigenvalue weighted by Gasteiger charge is 2.11. The molecule has 0 spiro atoms. The molecular formula is C13H18N2O5S. The predicted molar refractivity (Wildman–Crippen MR) is 76.0 cm³/mol. The summed E-state index contributed by atoms with van der Waals surface area (Å²) in [6.07, 6.45) is 1.30. The SMILES string of the molecule is NS(=O)(=O)c1ccc(CNC(CC=O)CCC(=O)O)cc1. The fourth-order valence-corrected chi connectivity index (χ4v) is 2.29. The smallest absolute Gasteiger partial charge is 0.303 e. The Balaban J connectivity index is 2.59. The summed E-state index contributed by atoms with van der Waals surface area (Å²) >= 11 is 0. The number of nitrogens with one attached hydrogen (secondary N) is 1. The van der Waals surface area contributed by atoms with Gasteiger partial charge in [-0.1, -0.05) is 12.1 Å². The Morgan fingerprint density at radius 3 is 2.43 bits per heavy atom. The molecule has 0 aliphatic rings. The molecule has 0 saturated heterocycles. The van der Waals surface area contributed by atoms with E-state index in [1.807, 2.05) is 0 Å². The first-order valence-electron chi connectivity index (χ1n) is 6.33. The van der Waals surface area contributed by atoms with Crippen LogP contribution in [0.3, 0.4) is 0 Å². The zero-order chi connectivity index (χ0) is 15.9. The van der Waals surface area contributed by atoms with E-state index >= 15 is 0 Å². The Kier molecular flexibility index (Phi) is 6.47. The maximum Gasteiger partial charge on any atom is 0.303 e. The van der Waals surface area contributed by atoms with E-state index in [4.69, 9.17) is 10.2 Å². The summed E-state index contributed by atoms with van der Waals surface area (Å²) in [7, 11) is -3.71. The van der Waals surface area contributed by atoms with Crippen molar-refractivity contribution in [3.8, 4) is 0 Å². The van der Waals surface area contributed by atoms with Crippen LogP contribution in [0.15, 0.2) is 29.2 Å². The Hall–Kier alpha value is -1.77. The van der Waals surface area contributed by atoms with Crippen molar-refractivity contribution in [2.45, 2.75) is 36.7 Å². The molecule has 1 aromatic rings. The maximum absolute atomic E-state index is 11.1. The quantitative estimate of drug-likeness (QED) is 0.561. The maximum atomic E-state index is 11.1. The summed E-state index contributed by atoms with van der Waals surface area (Å²) in [5, 5.41) is 16.7. The molecule has 1 unspecified atom stereocenters. The van der Waals surface area contributed by atoms with E-state index in [2.05, 4.69) is 5.32 Å². The van der Waals surface area contributed by atoms with Crippen molar-refractivity contribution < 1.29 is 23.1 Å². The lowest BCUT2D eigenvalue weighted by Gasteiger charge is -2.15. The van der Waals surface area contributed by atoms with Crippen LogP contribution in [-0.4, -0.2) is 31.8 Å². The van der Waals surface area contributed by atoms with Crippen LogP contribution in [0.4, 0.5) is 0 Å². The number of carbonyl (C=O) groups is 2. The molecular weight excluding hydrogens is 296 g/mol. The number of carboxylic acids is 1. The molecule has 8 heteroatoms. The van der Waals surface area contributed by atoms with Gasteiger partial charge in [0.2, 0.25) is 10.0 Å². The van der Waals surface area contributed by atoms with Gasteiger partial charge in [-0.2, -0.15) is 0 Å². The number of rotatable bonds is 9. The predicted octanol–water partition coefficient (Wildman–Crippen LogP) is 0.246. The molecule has 0 aromatic heterocycles. The third-order valence-electron chi connectivity index (χ3n) is 2.93. The third kappa shape index (κ3) is 6.48. The number of carboxylic acid groups (broad SMARTS) is 1. The number of carbonyl (C=O) groups excluding carboxylic acids is 1. The molecule has 116 valence electrons. The average Bonchev–Trinajstić information content (AvgIpc) is 2.41. The normalized spacial score (nSPS) is 12.8. The highest BCUT2D eigenvalue weighted by Crippen LogP contribution is 2.09. The molecule has 0 bridgehead atoms. The molecule has 4 N–H and O–H groups in total. The Morgan fingerprint density at radius 1 is 1.33 bits per heavy atom. The molecule has 0 fully saturated rings. The number of nitrogens with two attached hydrogens (primary N) is 1. The molecule has 21 heavy (non-hydrogen) atoms. The number of benzene rings is 1. The zero-order valence-corrected chi connectivity index (χ0v) is 12.2. The van der Waals surface area contributed by atoms with Gasteiger partial charge in [0.1, 0.15) is 6.29 Å². The van der Waals surface area contributed by atoms with Gasteiger partial charge in [-0.25, -0.2) is 13.6 Å². The molecule has 0 heterocycles. The van der Waals surface area contributed by atoms with Crippen LogP contribution in [0.25, 0.3) is 0 Å². The highest BCUT2D eigenvalue weighted by atomic mass is 32.2. The first-order valence-corrected chi connectivity index (χ1v) is 7.88. The van der Waals surface area contributed by atoms with Gasteiger partial charge in [0.05, 0.1) is 4.90 Å². The van der Waals surface area contributed by atoms with Crippen molar-refractivity contribution in [1.82, 2.24) is 5.32 Å². The van der Waals surface area contributed by atoms with Gasteiger partial charge in [0.25, 0.3) is 0 Å². The van der Waals surface area contributed by atoms with E-state index in [0.717, 1.165) is 11.8 Å². The van der Waals surface area contributed by atoms with E-state index in [0.29, 0.717) is 13.0 Å². The molecule has 1 atom stereocenters. The number of aliphatic carboxylic acids is 1. The van der Waals surface area contributed by atoms with Crippen LogP contribution in [-0.2, 0) is 26.2 Å². The molecule has 0 saturated carbocycles. The molecule has 7 nitrogen and oxygen atoms in total. The highest BCUT2D eigenvalue weighted by molar-refractivity contribution is 7.89. The average molecular weight is 314 g/mol. The van der Waals surface area contributed by atoms with Gasteiger partial charge < -0.3 is 15.2 Å². The molecule has 0 radical (unpaired) electrons. The largest absolute Gasteiger partial charge is 0.481 e. The first-order chi connectivity index (χ1) is 9.82. The lowest BCUT2D eigenvalue weighted by molar-refractivity contribution is -0.137. The second-order valence-corrected chi connectivity index (χ2v) is 6.16. The molecule has 0 amide bonds. The summed E-state index contributed by atoms with van der Waals surface area (Å²) in [6.45, 7) is 0.406. The van der Waals surface area contributed by atoms with Crippen LogP contribution in [0.5, 0.6) is 0 Å². The standard InChI is InChI=1S/C13H18N2O5S/c14-21(19,20)12-4-1-10(2-5-12)9-15-11(7-8-16)3-6-13(17)18/h1-2,4-5,8,11,15H,3,6-7,9H2,(H,17,18)(H2,14,19,20). The van der Waals surface area contributed by atoms with E-state index in [1.165, 1.54) is 12.1 Å². The number of aldehydes is 1. The van der Waals surface area contributed by atoms with Gasteiger partial charge in [0, 0.05) is 25.4 Å². The summed E-state index contributed by atoms with van der Waals surface area (Å²) in [4.78, 5) is 21.1. The monoisotopic (exact) mass is 314 g/mol. The van der Waals surface area contributed by atoms with Crippen molar-refractivity contribution in [3.63, 3.8) is 0 Å². The van der Waals surface area contributed by atoms with Crippen molar-refractivity contribution >= 4 is 22.3 Å². The Morgan fingerprint density at radius 2 is 1.95 bits per heavy atom. The van der Waals surface area contributed by atoms with Crippen molar-refractivity contribution in [1.29, 1.82) is 0 Å². The van der Waals surface area contributed by atoms with Gasteiger partial charge in [-0.3, -0.25) is 4.79 Å².